The van der Waals surface area contributed by atoms with Crippen molar-refractivity contribution in [3.8, 4) is 11.5 Å². The van der Waals surface area contributed by atoms with E-state index in [1.807, 2.05) is 20.8 Å². The van der Waals surface area contributed by atoms with Crippen LogP contribution in [-0.2, 0) is 15.6 Å². The minimum atomic E-state index is -4.34. The zero-order valence-corrected chi connectivity index (χ0v) is 25.0. The zero-order valence-electron chi connectivity index (χ0n) is 24.1. The molecule has 4 atom stereocenters. The molecule has 3 N–H and O–H groups in total. The molecule has 2 rings (SSSR count). The second kappa shape index (κ2) is 13.6. The summed E-state index contributed by atoms with van der Waals surface area (Å²) in [7, 11) is -4.34. The molecule has 0 saturated heterocycles. The summed E-state index contributed by atoms with van der Waals surface area (Å²) in [5.41, 5.74) is 3.36. The molecule has 0 spiro atoms. The standard InChI is InChI=1S/C29H52NO5P/c1-20(2)12-9-13-21(3)14-10-15-22(4)16-11-18-29(8)19-17-26-25(7)27(34-36(31,32)35-30)23(5)24(6)28(26)33-29/h20-22H,9-19,30H2,1-8H3,(H,31,32)/t21-,22-,29?/m1/s1. The van der Waals surface area contributed by atoms with E-state index in [0.717, 1.165) is 71.4 Å². The Morgan fingerprint density at radius 2 is 1.50 bits per heavy atom. The maximum absolute atomic E-state index is 11.9. The third-order valence-electron chi connectivity index (χ3n) is 8.18. The van der Waals surface area contributed by atoms with Crippen molar-refractivity contribution in [2.24, 2.45) is 23.7 Å². The highest BCUT2D eigenvalue weighted by atomic mass is 31.2. The van der Waals surface area contributed by atoms with Crippen LogP contribution in [0.3, 0.4) is 0 Å². The number of nitrogens with two attached hydrogens (primary N) is 1. The monoisotopic (exact) mass is 525 g/mol. The lowest BCUT2D eigenvalue weighted by molar-refractivity contribution is 0.0511. The molecule has 208 valence electrons. The number of benzene rings is 1. The third kappa shape index (κ3) is 9.04. The van der Waals surface area contributed by atoms with Gasteiger partial charge in [0.05, 0.1) is 0 Å². The van der Waals surface area contributed by atoms with Crippen LogP contribution in [0.1, 0.15) is 121 Å². The second-order valence-corrected chi connectivity index (χ2v) is 13.4. The lowest BCUT2D eigenvalue weighted by atomic mass is 9.84. The van der Waals surface area contributed by atoms with Crippen LogP contribution in [0.4, 0.5) is 0 Å². The van der Waals surface area contributed by atoms with Crippen LogP contribution in [0.2, 0.25) is 0 Å². The van der Waals surface area contributed by atoms with E-state index in [-0.39, 0.29) is 5.60 Å². The van der Waals surface area contributed by atoms with Gasteiger partial charge >= 0.3 is 7.82 Å². The molecule has 0 saturated carbocycles. The highest BCUT2D eigenvalue weighted by Crippen LogP contribution is 2.50. The second-order valence-electron chi connectivity index (χ2n) is 12.1. The molecule has 0 amide bonds. The highest BCUT2D eigenvalue weighted by Gasteiger charge is 2.35. The van der Waals surface area contributed by atoms with Crippen LogP contribution < -0.4 is 15.2 Å². The molecule has 1 aromatic rings. The van der Waals surface area contributed by atoms with Gasteiger partial charge in [-0.15, -0.1) is 0 Å². The summed E-state index contributed by atoms with van der Waals surface area (Å²) in [5, 5.41) is 0. The quantitative estimate of drug-likeness (QED) is 0.176. The minimum Gasteiger partial charge on any atom is -0.487 e. The van der Waals surface area contributed by atoms with E-state index in [4.69, 9.17) is 15.2 Å². The number of hydrogen-bond acceptors (Lipinski definition) is 5. The van der Waals surface area contributed by atoms with E-state index >= 15 is 0 Å². The van der Waals surface area contributed by atoms with Crippen molar-refractivity contribution in [1.82, 2.24) is 0 Å². The Morgan fingerprint density at radius 1 is 0.944 bits per heavy atom. The molecular weight excluding hydrogens is 473 g/mol. The molecule has 6 nitrogen and oxygen atoms in total. The van der Waals surface area contributed by atoms with E-state index in [0.29, 0.717) is 5.75 Å². The number of rotatable bonds is 15. The van der Waals surface area contributed by atoms with Crippen LogP contribution in [0.25, 0.3) is 0 Å². The first-order valence-electron chi connectivity index (χ1n) is 14.0. The Balaban J connectivity index is 1.87. The van der Waals surface area contributed by atoms with E-state index in [2.05, 4.69) is 39.2 Å². The minimum absolute atomic E-state index is 0.198. The largest absolute Gasteiger partial charge is 0.544 e. The fourth-order valence-electron chi connectivity index (χ4n) is 5.53. The van der Waals surface area contributed by atoms with Gasteiger partial charge in [0.15, 0.2) is 0 Å². The van der Waals surface area contributed by atoms with Crippen LogP contribution in [0.15, 0.2) is 0 Å². The average Bonchev–Trinajstić information content (AvgIpc) is 2.80. The molecule has 0 bridgehead atoms. The van der Waals surface area contributed by atoms with E-state index in [1.165, 1.54) is 44.9 Å². The summed E-state index contributed by atoms with van der Waals surface area (Å²) in [4.78, 5) is 9.73. The summed E-state index contributed by atoms with van der Waals surface area (Å²) in [6, 6.07) is 0. The van der Waals surface area contributed by atoms with Crippen molar-refractivity contribution >= 4 is 7.82 Å². The van der Waals surface area contributed by atoms with Gasteiger partial charge in [0.25, 0.3) is 0 Å². The van der Waals surface area contributed by atoms with Crippen LogP contribution in [0, 0.1) is 38.5 Å². The first-order chi connectivity index (χ1) is 16.8. The van der Waals surface area contributed by atoms with Crippen molar-refractivity contribution in [2.45, 2.75) is 132 Å². The molecule has 1 aliphatic heterocycles. The Kier molecular flexibility index (Phi) is 11.8. The fourth-order valence-corrected chi connectivity index (χ4v) is 6.08. The Bertz CT molecular complexity index is 902. The molecule has 36 heavy (non-hydrogen) atoms. The van der Waals surface area contributed by atoms with Crippen molar-refractivity contribution in [3.63, 3.8) is 0 Å². The van der Waals surface area contributed by atoms with Gasteiger partial charge in [-0.2, -0.15) is 4.62 Å². The summed E-state index contributed by atoms with van der Waals surface area (Å²) in [6.07, 6.45) is 13.3. The zero-order chi connectivity index (χ0) is 27.1. The molecule has 0 aliphatic carbocycles. The molecule has 0 radical (unpaired) electrons. The molecule has 1 heterocycles. The maximum Gasteiger partial charge on any atom is 0.544 e. The van der Waals surface area contributed by atoms with Crippen molar-refractivity contribution < 1.29 is 23.3 Å². The Labute approximate surface area is 220 Å². The Hall–Kier alpha value is -1.07. The van der Waals surface area contributed by atoms with Crippen LogP contribution >= 0.6 is 7.82 Å². The first-order valence-corrected chi connectivity index (χ1v) is 15.5. The van der Waals surface area contributed by atoms with Gasteiger partial charge in [0.1, 0.15) is 17.1 Å². The first kappa shape index (κ1) is 31.1. The van der Waals surface area contributed by atoms with Crippen molar-refractivity contribution in [1.29, 1.82) is 0 Å². The maximum atomic E-state index is 11.9. The van der Waals surface area contributed by atoms with E-state index in [9.17, 15) is 9.46 Å². The summed E-state index contributed by atoms with van der Waals surface area (Å²) in [5.74, 6) is 8.61. The predicted octanol–water partition coefficient (Wildman–Crippen LogP) is 8.50. The van der Waals surface area contributed by atoms with Crippen LogP contribution in [-0.4, -0.2) is 10.5 Å². The molecule has 0 fully saturated rings. The summed E-state index contributed by atoms with van der Waals surface area (Å²) >= 11 is 0. The topological polar surface area (TPSA) is 91.0 Å². The fraction of sp³-hybridized carbons (Fsp3) is 0.793. The number of phosphoric ester groups is 1. The van der Waals surface area contributed by atoms with Crippen LogP contribution in [0.5, 0.6) is 11.5 Å². The molecule has 1 aromatic carbocycles. The highest BCUT2D eigenvalue weighted by molar-refractivity contribution is 7.47. The molecule has 1 aliphatic rings. The lowest BCUT2D eigenvalue weighted by Gasteiger charge is -2.38. The normalized spacial score (nSPS) is 21.0. The van der Waals surface area contributed by atoms with Gasteiger partial charge in [-0.1, -0.05) is 72.6 Å². The molecular formula is C29H52NO5P. The molecule has 2 unspecified atom stereocenters. The number of hydrogen-bond donors (Lipinski definition) is 2. The van der Waals surface area contributed by atoms with Gasteiger partial charge < -0.3 is 9.26 Å². The summed E-state index contributed by atoms with van der Waals surface area (Å²) in [6.45, 7) is 17.4. The van der Waals surface area contributed by atoms with Gasteiger partial charge in [-0.25, -0.2) is 10.5 Å². The van der Waals surface area contributed by atoms with Gasteiger partial charge in [-0.05, 0) is 87.8 Å². The third-order valence-corrected chi connectivity index (χ3v) is 8.86. The van der Waals surface area contributed by atoms with Gasteiger partial charge in [0, 0.05) is 5.56 Å². The smallest absolute Gasteiger partial charge is 0.487 e. The number of fused-ring (bicyclic) bond motifs is 1. The molecule has 0 aromatic heterocycles. The van der Waals surface area contributed by atoms with Gasteiger partial charge in [0.2, 0.25) is 0 Å². The lowest BCUT2D eigenvalue weighted by Crippen LogP contribution is -2.37. The SMILES string of the molecule is Cc1c(C)c2c(c(C)c1OP(=O)(O)ON)CCC(C)(CCC[C@H](C)CCC[C@H](C)CCCC(C)C)O2. The summed E-state index contributed by atoms with van der Waals surface area (Å²) < 4.78 is 28.0. The van der Waals surface area contributed by atoms with Crippen molar-refractivity contribution in [2.75, 3.05) is 0 Å². The number of ether oxygens (including phenoxy) is 1. The van der Waals surface area contributed by atoms with Gasteiger partial charge in [-0.3, -0.25) is 4.89 Å². The number of phosphoric acid groups is 1. The van der Waals surface area contributed by atoms with E-state index < -0.39 is 7.82 Å². The predicted molar refractivity (Wildman–Crippen MR) is 148 cm³/mol. The van der Waals surface area contributed by atoms with E-state index in [1.54, 1.807) is 0 Å². The Morgan fingerprint density at radius 3 is 2.06 bits per heavy atom. The van der Waals surface area contributed by atoms with Crippen molar-refractivity contribution in [3.05, 3.63) is 22.3 Å². The average molecular weight is 526 g/mol. The molecule has 7 heteroatoms.